The first-order valence-electron chi connectivity index (χ1n) is 4.16. The van der Waals surface area contributed by atoms with Crippen molar-refractivity contribution in [2.45, 2.75) is 19.4 Å². The molecule has 0 aromatic heterocycles. The van der Waals surface area contributed by atoms with Gasteiger partial charge in [-0.2, -0.15) is 0 Å². The number of benzene rings is 1. The highest BCUT2D eigenvalue weighted by molar-refractivity contribution is 5.84. The lowest BCUT2D eigenvalue weighted by Gasteiger charge is -2.05. The van der Waals surface area contributed by atoms with Crippen molar-refractivity contribution in [2.75, 3.05) is 0 Å². The average molecular weight is 200 g/mol. The van der Waals surface area contributed by atoms with Gasteiger partial charge in [-0.1, -0.05) is 6.07 Å². The van der Waals surface area contributed by atoms with Gasteiger partial charge in [0.1, 0.15) is 17.7 Å². The Labute approximate surface area is 80.2 Å². The Bertz CT molecular complexity index is 328. The summed E-state index contributed by atoms with van der Waals surface area (Å²) in [4.78, 5) is 11.0. The summed E-state index contributed by atoms with van der Waals surface area (Å²) in [7, 11) is 0. The summed E-state index contributed by atoms with van der Waals surface area (Å²) in [5, 5.41) is 8.87. The third-order valence-corrected chi connectivity index (χ3v) is 1.88. The van der Waals surface area contributed by atoms with E-state index < -0.39 is 29.9 Å². The molecular formula is C10H10F2O2. The molecule has 76 valence electrons. The van der Waals surface area contributed by atoms with Crippen LogP contribution in [-0.4, -0.2) is 17.0 Å². The molecule has 1 aromatic rings. The molecule has 2 nitrogen and oxygen atoms in total. The van der Waals surface area contributed by atoms with Crippen LogP contribution in [0.15, 0.2) is 18.2 Å². The molecule has 1 rings (SSSR count). The maximum absolute atomic E-state index is 13.0. The molecule has 1 N–H and O–H groups in total. The van der Waals surface area contributed by atoms with Crippen molar-refractivity contribution in [3.05, 3.63) is 35.4 Å². The molecule has 0 spiro atoms. The van der Waals surface area contributed by atoms with E-state index in [0.717, 1.165) is 12.1 Å². The molecule has 1 unspecified atom stereocenters. The van der Waals surface area contributed by atoms with Crippen molar-refractivity contribution >= 4 is 5.78 Å². The number of hydrogen-bond acceptors (Lipinski definition) is 2. The summed E-state index contributed by atoms with van der Waals surface area (Å²) in [6.07, 6.45) is -1.62. The molecule has 0 radical (unpaired) electrons. The number of halogens is 2. The number of aliphatic hydroxyl groups excluding tert-OH is 1. The lowest BCUT2D eigenvalue weighted by atomic mass is 10.1. The van der Waals surface area contributed by atoms with Crippen molar-refractivity contribution < 1.29 is 18.7 Å². The van der Waals surface area contributed by atoms with Crippen molar-refractivity contribution in [3.63, 3.8) is 0 Å². The first-order chi connectivity index (χ1) is 6.52. The minimum Gasteiger partial charge on any atom is -0.386 e. The third-order valence-electron chi connectivity index (χ3n) is 1.88. The van der Waals surface area contributed by atoms with E-state index in [9.17, 15) is 13.6 Å². The zero-order valence-electron chi connectivity index (χ0n) is 7.63. The molecule has 0 aliphatic heterocycles. The van der Waals surface area contributed by atoms with Crippen LogP contribution >= 0.6 is 0 Å². The number of hydrogen-bond donors (Lipinski definition) is 1. The Morgan fingerprint density at radius 1 is 1.43 bits per heavy atom. The standard InChI is InChI=1S/C10H10F2O2/c1-6(13)10(14)5-7-8(11)3-2-4-9(7)12/h2-4,6,13H,5H2,1H3. The van der Waals surface area contributed by atoms with Crippen LogP contribution in [0.3, 0.4) is 0 Å². The van der Waals surface area contributed by atoms with Crippen LogP contribution < -0.4 is 0 Å². The van der Waals surface area contributed by atoms with Gasteiger partial charge in [-0.3, -0.25) is 4.79 Å². The molecule has 0 aliphatic rings. The van der Waals surface area contributed by atoms with Crippen molar-refractivity contribution in [2.24, 2.45) is 0 Å². The maximum atomic E-state index is 13.0. The number of rotatable bonds is 3. The SMILES string of the molecule is CC(O)C(=O)Cc1c(F)cccc1F. The number of Topliss-reactive ketones (excluding diaryl/α,β-unsaturated/α-hetero) is 1. The van der Waals surface area contributed by atoms with E-state index in [4.69, 9.17) is 5.11 Å². The van der Waals surface area contributed by atoms with Crippen LogP contribution in [0.1, 0.15) is 12.5 Å². The molecule has 4 heteroatoms. The van der Waals surface area contributed by atoms with Gasteiger partial charge < -0.3 is 5.11 Å². The highest BCUT2D eigenvalue weighted by Crippen LogP contribution is 2.13. The van der Waals surface area contributed by atoms with Gasteiger partial charge >= 0.3 is 0 Å². The summed E-state index contributed by atoms with van der Waals surface area (Å²) in [6.45, 7) is 1.26. The van der Waals surface area contributed by atoms with E-state index in [1.54, 1.807) is 0 Å². The van der Waals surface area contributed by atoms with Crippen LogP contribution in [0.5, 0.6) is 0 Å². The lowest BCUT2D eigenvalue weighted by Crippen LogP contribution is -2.19. The topological polar surface area (TPSA) is 37.3 Å². The first-order valence-corrected chi connectivity index (χ1v) is 4.16. The zero-order chi connectivity index (χ0) is 10.7. The molecule has 0 bridgehead atoms. The summed E-state index contributed by atoms with van der Waals surface area (Å²) in [5.74, 6) is -2.13. The molecule has 0 saturated carbocycles. The average Bonchev–Trinajstić information content (AvgIpc) is 2.11. The molecule has 0 saturated heterocycles. The number of carbonyl (C=O) groups is 1. The van der Waals surface area contributed by atoms with Crippen molar-refractivity contribution in [3.8, 4) is 0 Å². The molecule has 0 amide bonds. The lowest BCUT2D eigenvalue weighted by molar-refractivity contribution is -0.125. The third kappa shape index (κ3) is 2.35. The second kappa shape index (κ2) is 4.28. The molecule has 1 atom stereocenters. The minimum absolute atomic E-state index is 0.293. The van der Waals surface area contributed by atoms with E-state index in [1.165, 1.54) is 13.0 Å². The Morgan fingerprint density at radius 3 is 2.36 bits per heavy atom. The predicted octanol–water partition coefficient (Wildman–Crippen LogP) is 1.46. The van der Waals surface area contributed by atoms with Crippen LogP contribution in [-0.2, 0) is 11.2 Å². The fourth-order valence-electron chi connectivity index (χ4n) is 1.02. The Morgan fingerprint density at radius 2 is 1.93 bits per heavy atom. The summed E-state index contributed by atoms with van der Waals surface area (Å²) < 4.78 is 26.0. The summed E-state index contributed by atoms with van der Waals surface area (Å²) in [5.41, 5.74) is -0.293. The number of ketones is 1. The summed E-state index contributed by atoms with van der Waals surface area (Å²) >= 11 is 0. The van der Waals surface area contributed by atoms with Crippen molar-refractivity contribution in [1.82, 2.24) is 0 Å². The largest absolute Gasteiger partial charge is 0.386 e. The smallest absolute Gasteiger partial charge is 0.165 e. The number of aliphatic hydroxyl groups is 1. The second-order valence-electron chi connectivity index (χ2n) is 3.02. The van der Waals surface area contributed by atoms with E-state index in [2.05, 4.69) is 0 Å². The molecule has 1 aromatic carbocycles. The second-order valence-corrected chi connectivity index (χ2v) is 3.02. The Hall–Kier alpha value is -1.29. The summed E-state index contributed by atoms with van der Waals surface area (Å²) in [6, 6.07) is 3.38. The van der Waals surface area contributed by atoms with Gasteiger partial charge in [0.15, 0.2) is 5.78 Å². The number of carbonyl (C=O) groups excluding carboxylic acids is 1. The van der Waals surface area contributed by atoms with Crippen LogP contribution in [0.2, 0.25) is 0 Å². The Kier molecular flexibility index (Phi) is 3.30. The van der Waals surface area contributed by atoms with Gasteiger partial charge in [0, 0.05) is 12.0 Å². The van der Waals surface area contributed by atoms with E-state index in [1.807, 2.05) is 0 Å². The van der Waals surface area contributed by atoms with Gasteiger partial charge in [0.25, 0.3) is 0 Å². The highest BCUT2D eigenvalue weighted by Gasteiger charge is 2.15. The molecule has 0 fully saturated rings. The Balaban J connectivity index is 2.91. The van der Waals surface area contributed by atoms with Gasteiger partial charge in [0.2, 0.25) is 0 Å². The van der Waals surface area contributed by atoms with E-state index >= 15 is 0 Å². The zero-order valence-corrected chi connectivity index (χ0v) is 7.63. The maximum Gasteiger partial charge on any atom is 0.165 e. The molecular weight excluding hydrogens is 190 g/mol. The predicted molar refractivity (Wildman–Crippen MR) is 46.7 cm³/mol. The molecule has 14 heavy (non-hydrogen) atoms. The van der Waals surface area contributed by atoms with Crippen LogP contribution in [0, 0.1) is 11.6 Å². The van der Waals surface area contributed by atoms with Crippen LogP contribution in [0.4, 0.5) is 8.78 Å². The first kappa shape index (κ1) is 10.8. The van der Waals surface area contributed by atoms with Gasteiger partial charge in [-0.15, -0.1) is 0 Å². The molecule has 0 aliphatic carbocycles. The van der Waals surface area contributed by atoms with E-state index in [-0.39, 0.29) is 5.56 Å². The fourth-order valence-corrected chi connectivity index (χ4v) is 1.02. The van der Waals surface area contributed by atoms with Crippen molar-refractivity contribution in [1.29, 1.82) is 0 Å². The monoisotopic (exact) mass is 200 g/mol. The highest BCUT2D eigenvalue weighted by atomic mass is 19.1. The fraction of sp³-hybridized carbons (Fsp3) is 0.300. The molecule has 0 heterocycles. The normalized spacial score (nSPS) is 12.6. The van der Waals surface area contributed by atoms with E-state index in [0.29, 0.717) is 0 Å². The minimum atomic E-state index is -1.20. The van der Waals surface area contributed by atoms with Crippen LogP contribution in [0.25, 0.3) is 0 Å². The van der Waals surface area contributed by atoms with Gasteiger partial charge in [-0.25, -0.2) is 8.78 Å². The van der Waals surface area contributed by atoms with Gasteiger partial charge in [0.05, 0.1) is 0 Å². The van der Waals surface area contributed by atoms with Gasteiger partial charge in [-0.05, 0) is 19.1 Å². The quantitative estimate of drug-likeness (QED) is 0.801.